The largest absolute Gasteiger partial charge is 0.481 e. The van der Waals surface area contributed by atoms with Gasteiger partial charge in [0, 0.05) is 112 Å². The van der Waals surface area contributed by atoms with Gasteiger partial charge in [-0.1, -0.05) is 121 Å². The van der Waals surface area contributed by atoms with Gasteiger partial charge in [-0.25, -0.2) is 9.97 Å². The van der Waals surface area contributed by atoms with Gasteiger partial charge in [-0.05, 0) is 169 Å². The average molecular weight is 1260 g/mol. The van der Waals surface area contributed by atoms with E-state index in [1.54, 1.807) is 97.1 Å². The molecule has 3 aromatic heterocycles. The molecule has 0 saturated carbocycles. The maximum atomic E-state index is 14.8. The average Bonchev–Trinajstić information content (AvgIpc) is 1.60. The highest BCUT2D eigenvalue weighted by atomic mass is 16.4. The van der Waals surface area contributed by atoms with Gasteiger partial charge in [-0.15, -0.1) is 0 Å². The zero-order chi connectivity index (χ0) is 65.6. The molecule has 0 spiro atoms. The van der Waals surface area contributed by atoms with Crippen molar-refractivity contribution in [1.82, 2.24) is 19.9 Å². The van der Waals surface area contributed by atoms with Crippen LogP contribution in [0.3, 0.4) is 0 Å². The summed E-state index contributed by atoms with van der Waals surface area (Å²) in [5.74, 6) is -5.68. The summed E-state index contributed by atoms with van der Waals surface area (Å²) in [4.78, 5) is 104. The molecule has 9 heterocycles. The number of aliphatic carboxylic acids is 2. The second-order valence-corrected chi connectivity index (χ2v) is 24.2. The Hall–Kier alpha value is -12.8. The molecule has 6 aliphatic rings. The predicted molar refractivity (Wildman–Crippen MR) is 375 cm³/mol. The monoisotopic (exact) mass is 1260 g/mol. The van der Waals surface area contributed by atoms with Gasteiger partial charge < -0.3 is 41.4 Å². The number of H-pyrrole nitrogens is 2. The van der Waals surface area contributed by atoms with E-state index in [1.165, 1.54) is 0 Å². The van der Waals surface area contributed by atoms with Gasteiger partial charge in [0.15, 0.2) is 0 Å². The lowest BCUT2D eigenvalue weighted by Crippen LogP contribution is -2.20. The van der Waals surface area contributed by atoms with Crippen LogP contribution >= 0.6 is 0 Å². The number of benzene rings is 8. The summed E-state index contributed by atoms with van der Waals surface area (Å²) in [6.45, 7) is 0. The molecule has 16 nitrogen and oxygen atoms in total. The first-order valence-corrected chi connectivity index (χ1v) is 31.4. The number of hydrogen-bond acceptors (Lipinski definition) is 8. The highest BCUT2D eigenvalue weighted by Gasteiger charge is 2.27. The molecule has 0 atom stereocenters. The molecule has 17 rings (SSSR count). The van der Waals surface area contributed by atoms with Crippen molar-refractivity contribution in [3.05, 3.63) is 286 Å². The second kappa shape index (κ2) is 25.0. The number of carbonyl (C=O) groups excluding carboxylic acids is 4. The first-order chi connectivity index (χ1) is 46.8. The fourth-order valence-corrected chi connectivity index (χ4v) is 13.3. The van der Waals surface area contributed by atoms with Crippen LogP contribution in [-0.4, -0.2) is 65.7 Å². The Morgan fingerprint density at radius 1 is 0.312 bits per heavy atom. The summed E-state index contributed by atoms with van der Waals surface area (Å²) in [5, 5.41) is 34.2. The molecule has 4 amide bonds. The summed E-state index contributed by atoms with van der Waals surface area (Å²) in [6.07, 6.45) is 8.00. The second-order valence-electron chi connectivity index (χ2n) is 24.2. The van der Waals surface area contributed by atoms with Crippen molar-refractivity contribution in [2.24, 2.45) is 11.8 Å². The first-order valence-electron chi connectivity index (χ1n) is 31.4. The van der Waals surface area contributed by atoms with E-state index >= 15 is 0 Å². The fraction of sp³-hybridized carbons (Fsp3) is 0.0750. The van der Waals surface area contributed by atoms with Crippen molar-refractivity contribution in [3.8, 4) is 44.5 Å². The summed E-state index contributed by atoms with van der Waals surface area (Å²) in [6, 6.07) is 65.1. The Morgan fingerprint density at radius 3 is 0.792 bits per heavy atom. The first kappa shape index (κ1) is 59.5. The number of aromatic nitrogens is 4. The Kier molecular flexibility index (Phi) is 15.5. The molecule has 96 heavy (non-hydrogen) atoms. The number of carboxylic acids is 2. The van der Waals surface area contributed by atoms with E-state index < -0.39 is 47.4 Å². The van der Waals surface area contributed by atoms with Crippen molar-refractivity contribution < 1.29 is 39.0 Å². The van der Waals surface area contributed by atoms with Gasteiger partial charge in [0.1, 0.15) is 0 Å². The lowest BCUT2D eigenvalue weighted by molar-refractivity contribution is -0.142. The van der Waals surface area contributed by atoms with Crippen LogP contribution in [0, 0.1) is 11.8 Å². The molecule has 0 radical (unpaired) electrons. The van der Waals surface area contributed by atoms with Crippen LogP contribution in [0.4, 0.5) is 22.7 Å². The van der Waals surface area contributed by atoms with Gasteiger partial charge >= 0.3 is 11.9 Å². The molecular weight excluding hydrogens is 1200 g/mol. The van der Waals surface area contributed by atoms with Gasteiger partial charge in [0.25, 0.3) is 23.6 Å². The number of carboxylic acid groups (broad SMARTS) is 2. The summed E-state index contributed by atoms with van der Waals surface area (Å²) in [7, 11) is 0. The van der Waals surface area contributed by atoms with Crippen LogP contribution in [0.25, 0.3) is 90.9 Å². The van der Waals surface area contributed by atoms with E-state index in [2.05, 4.69) is 31.2 Å². The number of para-hydroxylation sites is 4. The molecule has 6 aliphatic heterocycles. The van der Waals surface area contributed by atoms with Crippen molar-refractivity contribution >= 4 is 105 Å². The van der Waals surface area contributed by atoms with Crippen molar-refractivity contribution in [2.75, 3.05) is 21.3 Å². The smallest absolute Gasteiger partial charge is 0.307 e. The highest BCUT2D eigenvalue weighted by molar-refractivity contribution is 6.13. The number of carbonyl (C=O) groups is 6. The summed E-state index contributed by atoms with van der Waals surface area (Å²) < 4.78 is 0. The number of aromatic amines is 2. The van der Waals surface area contributed by atoms with E-state index in [4.69, 9.17) is 9.97 Å². The van der Waals surface area contributed by atoms with Crippen LogP contribution in [-0.2, 0) is 35.3 Å². The third-order valence-corrected chi connectivity index (χ3v) is 17.9. The van der Waals surface area contributed by atoms with Gasteiger partial charge in [0.2, 0.25) is 0 Å². The molecule has 8 N–H and O–H groups in total. The molecule has 0 fully saturated rings. The van der Waals surface area contributed by atoms with Crippen LogP contribution in [0.15, 0.2) is 218 Å². The number of fused-ring (bicyclic) bond motifs is 8. The van der Waals surface area contributed by atoms with E-state index in [-0.39, 0.29) is 25.7 Å². The Balaban J connectivity index is 1.06. The molecule has 466 valence electrons. The highest BCUT2D eigenvalue weighted by Crippen LogP contribution is 2.44. The minimum Gasteiger partial charge on any atom is -0.481 e. The normalized spacial score (nSPS) is 14.1. The molecule has 8 aromatic carbocycles. The van der Waals surface area contributed by atoms with Crippen LogP contribution in [0.5, 0.6) is 0 Å². The van der Waals surface area contributed by atoms with E-state index in [9.17, 15) is 39.0 Å². The molecular formula is C80H58N8O8. The minimum atomic E-state index is -1.03. The quantitative estimate of drug-likeness (QED) is 0.0813. The number of amides is 4. The summed E-state index contributed by atoms with van der Waals surface area (Å²) in [5.41, 5.74) is 14.4. The number of nitrogens with zero attached hydrogens (tertiary/aromatic N) is 2. The van der Waals surface area contributed by atoms with Gasteiger partial charge in [-0.3, -0.25) is 28.8 Å². The van der Waals surface area contributed by atoms with Crippen LogP contribution < -0.4 is 21.3 Å². The van der Waals surface area contributed by atoms with E-state index in [0.717, 1.165) is 0 Å². The molecule has 16 heteroatoms. The van der Waals surface area contributed by atoms with Crippen LogP contribution in [0.1, 0.15) is 86.5 Å². The van der Waals surface area contributed by atoms with Gasteiger partial charge in [0.05, 0.1) is 34.6 Å². The molecule has 0 unspecified atom stereocenters. The zero-order valence-corrected chi connectivity index (χ0v) is 51.3. The molecule has 20 bridgehead atoms. The van der Waals surface area contributed by atoms with Gasteiger partial charge in [-0.2, -0.15) is 0 Å². The van der Waals surface area contributed by atoms with Crippen LogP contribution in [0.2, 0.25) is 0 Å². The third kappa shape index (κ3) is 11.7. The van der Waals surface area contributed by atoms with Crippen molar-refractivity contribution in [2.45, 2.75) is 25.7 Å². The molecule has 0 saturated heterocycles. The Bertz CT molecular complexity index is 4720. The van der Waals surface area contributed by atoms with Crippen molar-refractivity contribution in [1.29, 1.82) is 0 Å². The fourth-order valence-electron chi connectivity index (χ4n) is 13.3. The molecule has 0 aliphatic carbocycles. The van der Waals surface area contributed by atoms with Crippen molar-refractivity contribution in [3.63, 3.8) is 0 Å². The zero-order valence-electron chi connectivity index (χ0n) is 51.3. The number of hydrogen-bond donors (Lipinski definition) is 8. The lowest BCUT2D eigenvalue weighted by atomic mass is 9.91. The van der Waals surface area contributed by atoms with E-state index in [0.29, 0.717) is 157 Å². The van der Waals surface area contributed by atoms with E-state index in [1.807, 2.05) is 146 Å². The number of nitrogens with one attached hydrogen (secondary N) is 6. The topological polar surface area (TPSA) is 248 Å². The lowest BCUT2D eigenvalue weighted by Gasteiger charge is -2.16. The number of anilines is 4. The number of rotatable bonds is 2. The summed E-state index contributed by atoms with van der Waals surface area (Å²) >= 11 is 0. The third-order valence-electron chi connectivity index (χ3n) is 17.9. The SMILES string of the molecule is O=C1Nc2ccccc2-c2c3nc(c4c5ccc([nH]5)c(c5nc(c(c6ccc2[nH]6)-c2ccccc2NC(=O)c2cccc(c2)CC(C(=O)O)Cc2cccc(c2)C(=O)Nc2ccccc2-4)C=C5)-c2ccccc2NC(=O)c2cccc(c2)CC(C(=O)O)Cc2cccc1c2)C=C3. The predicted octanol–water partition coefficient (Wildman–Crippen LogP) is 15.9. The maximum absolute atomic E-state index is 14.8. The minimum absolute atomic E-state index is 0.0927. The molecule has 11 aromatic rings. The Morgan fingerprint density at radius 2 is 0.552 bits per heavy atom. The standard InChI is InChI=1S/C80H58N8O8/c89-75-49-17-9-13-45(37-49)41-53(79(93)94)42-46-14-10-20-52(38-46)78(92)88-62-28-8-4-24-58(62)74-69-35-33-67(83-69)72-56-22-2-6-26-60(56)86-76(90)50-18-11-15-47(39-50)43-54(80(95)96)44-48-16-12-19-51(40-48)77(91)87-61-27-7-3-23-57(61)73(68-34-36-70(74)84-68)66-32-30-64(82-66)71(63-29-31-65(72)81-63)55-21-1-5-25-59(55)85-75/h1-40,53-54,81,84H,41-44H2,(H,85,89)(H,86,90)(H,87,91)(H,88,92)(H,93,94)(H,95,96). The Labute approximate surface area is 549 Å². The maximum Gasteiger partial charge on any atom is 0.307 e.